The highest BCUT2D eigenvalue weighted by Gasteiger charge is 2.52. The van der Waals surface area contributed by atoms with E-state index in [1.54, 1.807) is 0 Å². The number of esters is 2. The van der Waals surface area contributed by atoms with Crippen molar-refractivity contribution < 1.29 is 19.1 Å². The smallest absolute Gasteiger partial charge is 0.346 e. The molecule has 2 aromatic carbocycles. The van der Waals surface area contributed by atoms with E-state index in [9.17, 15) is 9.59 Å². The van der Waals surface area contributed by atoms with Crippen molar-refractivity contribution in [3.8, 4) is 0 Å². The first-order valence-electron chi connectivity index (χ1n) is 9.90. The first-order valence-corrected chi connectivity index (χ1v) is 9.90. The SMILES string of the molecule is COC(=O)C1=C2CC(c3ccccc3)N(CCc3ccccc3)CC2(C)OC1=O. The van der Waals surface area contributed by atoms with Crippen LogP contribution in [0.4, 0.5) is 0 Å². The molecule has 5 heteroatoms. The van der Waals surface area contributed by atoms with Crippen LogP contribution < -0.4 is 0 Å². The second-order valence-corrected chi connectivity index (χ2v) is 7.80. The molecule has 2 unspecified atom stereocenters. The van der Waals surface area contributed by atoms with Crippen molar-refractivity contribution in [2.24, 2.45) is 0 Å². The van der Waals surface area contributed by atoms with Gasteiger partial charge in [0.2, 0.25) is 0 Å². The van der Waals surface area contributed by atoms with Gasteiger partial charge in [-0.2, -0.15) is 0 Å². The van der Waals surface area contributed by atoms with Gasteiger partial charge in [-0.15, -0.1) is 0 Å². The highest BCUT2D eigenvalue weighted by atomic mass is 16.6. The lowest BCUT2D eigenvalue weighted by molar-refractivity contribution is -0.151. The standard InChI is InChI=1S/C24H25NO4/c1-24-16-25(14-13-17-9-5-3-6-10-17)20(18-11-7-4-8-12-18)15-19(24)21(22(26)28-2)23(27)29-24/h3-12,20H,13-16H2,1-2H3. The number of piperidine rings is 1. The summed E-state index contributed by atoms with van der Waals surface area (Å²) in [5.74, 6) is -1.19. The van der Waals surface area contributed by atoms with E-state index in [0.717, 1.165) is 18.5 Å². The Morgan fingerprint density at radius 1 is 1.14 bits per heavy atom. The van der Waals surface area contributed by atoms with Crippen LogP contribution in [0.5, 0.6) is 0 Å². The number of likely N-dealkylation sites (tertiary alicyclic amines) is 1. The molecule has 2 aliphatic rings. The maximum atomic E-state index is 12.5. The summed E-state index contributed by atoms with van der Waals surface area (Å²) in [7, 11) is 1.29. The van der Waals surface area contributed by atoms with Crippen LogP contribution in [0.15, 0.2) is 71.8 Å². The zero-order valence-corrected chi connectivity index (χ0v) is 16.8. The van der Waals surface area contributed by atoms with Crippen LogP contribution in [0.1, 0.15) is 30.5 Å². The number of fused-ring (bicyclic) bond motifs is 1. The van der Waals surface area contributed by atoms with Gasteiger partial charge in [0.1, 0.15) is 11.2 Å². The summed E-state index contributed by atoms with van der Waals surface area (Å²) in [5, 5.41) is 0. The summed E-state index contributed by atoms with van der Waals surface area (Å²) < 4.78 is 10.6. The largest absolute Gasteiger partial charge is 0.465 e. The number of carbonyl (C=O) groups is 2. The quantitative estimate of drug-likeness (QED) is 0.577. The van der Waals surface area contributed by atoms with E-state index in [1.807, 2.05) is 43.3 Å². The molecule has 2 heterocycles. The van der Waals surface area contributed by atoms with Crippen LogP contribution >= 0.6 is 0 Å². The van der Waals surface area contributed by atoms with Crippen molar-refractivity contribution in [1.29, 1.82) is 0 Å². The van der Waals surface area contributed by atoms with E-state index >= 15 is 0 Å². The van der Waals surface area contributed by atoms with Gasteiger partial charge in [-0.3, -0.25) is 4.90 Å². The maximum Gasteiger partial charge on any atom is 0.346 e. The van der Waals surface area contributed by atoms with E-state index in [4.69, 9.17) is 9.47 Å². The highest BCUT2D eigenvalue weighted by Crippen LogP contribution is 2.46. The molecule has 0 aromatic heterocycles. The summed E-state index contributed by atoms with van der Waals surface area (Å²) in [6.45, 7) is 3.27. The molecule has 1 fully saturated rings. The molecule has 0 amide bonds. The van der Waals surface area contributed by atoms with Gasteiger partial charge in [0.15, 0.2) is 0 Å². The molecule has 5 nitrogen and oxygen atoms in total. The van der Waals surface area contributed by atoms with Crippen molar-refractivity contribution in [2.75, 3.05) is 20.2 Å². The first kappa shape index (κ1) is 19.4. The molecular formula is C24H25NO4. The molecule has 0 spiro atoms. The molecule has 0 N–H and O–H groups in total. The van der Waals surface area contributed by atoms with E-state index in [0.29, 0.717) is 13.0 Å². The molecular weight excluding hydrogens is 366 g/mol. The number of carbonyl (C=O) groups excluding carboxylic acids is 2. The first-order chi connectivity index (χ1) is 14.0. The normalized spacial score (nSPS) is 24.2. The fourth-order valence-electron chi connectivity index (χ4n) is 4.44. The minimum absolute atomic E-state index is 0.0668. The number of nitrogens with zero attached hydrogens (tertiary/aromatic N) is 1. The van der Waals surface area contributed by atoms with Crippen LogP contribution in [-0.2, 0) is 25.5 Å². The summed E-state index contributed by atoms with van der Waals surface area (Å²) in [6, 6.07) is 20.6. The fourth-order valence-corrected chi connectivity index (χ4v) is 4.44. The molecule has 0 bridgehead atoms. The minimum atomic E-state index is -0.803. The van der Waals surface area contributed by atoms with E-state index in [1.165, 1.54) is 18.2 Å². The van der Waals surface area contributed by atoms with Gasteiger partial charge < -0.3 is 9.47 Å². The Kier molecular flexibility index (Phi) is 5.24. The van der Waals surface area contributed by atoms with Crippen molar-refractivity contribution in [3.05, 3.63) is 82.9 Å². The van der Waals surface area contributed by atoms with Crippen LogP contribution in [0.2, 0.25) is 0 Å². The highest BCUT2D eigenvalue weighted by molar-refractivity contribution is 6.16. The molecule has 150 valence electrons. The van der Waals surface area contributed by atoms with Gasteiger partial charge in [0.05, 0.1) is 7.11 Å². The lowest BCUT2D eigenvalue weighted by Gasteiger charge is -2.44. The summed E-state index contributed by atoms with van der Waals surface area (Å²) in [4.78, 5) is 27.1. The Morgan fingerprint density at radius 2 is 1.79 bits per heavy atom. The van der Waals surface area contributed by atoms with Gasteiger partial charge in [0.25, 0.3) is 0 Å². The molecule has 4 rings (SSSR count). The van der Waals surface area contributed by atoms with Crippen molar-refractivity contribution in [1.82, 2.24) is 4.90 Å². The Labute approximate surface area is 170 Å². The second kappa shape index (κ2) is 7.84. The molecule has 2 aliphatic heterocycles. The number of hydrogen-bond donors (Lipinski definition) is 0. The molecule has 1 saturated heterocycles. The predicted octanol–water partition coefficient (Wildman–Crippen LogP) is 3.46. The van der Waals surface area contributed by atoms with Crippen molar-refractivity contribution in [2.45, 2.75) is 31.4 Å². The van der Waals surface area contributed by atoms with E-state index < -0.39 is 17.5 Å². The zero-order valence-electron chi connectivity index (χ0n) is 16.8. The molecule has 0 aliphatic carbocycles. The van der Waals surface area contributed by atoms with Gasteiger partial charge in [0, 0.05) is 19.1 Å². The zero-order chi connectivity index (χ0) is 20.4. The lowest BCUT2D eigenvalue weighted by Crippen LogP contribution is -2.49. The van der Waals surface area contributed by atoms with Crippen LogP contribution in [0.3, 0.4) is 0 Å². The number of benzene rings is 2. The fraction of sp³-hybridized carbons (Fsp3) is 0.333. The van der Waals surface area contributed by atoms with Crippen LogP contribution in [0.25, 0.3) is 0 Å². The molecule has 2 aromatic rings. The molecule has 0 radical (unpaired) electrons. The number of hydrogen-bond acceptors (Lipinski definition) is 5. The Bertz CT molecular complexity index is 938. The lowest BCUT2D eigenvalue weighted by atomic mass is 9.81. The molecule has 2 atom stereocenters. The molecule has 0 saturated carbocycles. The summed E-state index contributed by atoms with van der Waals surface area (Å²) in [6.07, 6.45) is 1.46. The summed E-state index contributed by atoms with van der Waals surface area (Å²) in [5.41, 5.74) is 2.45. The third-order valence-corrected chi connectivity index (χ3v) is 5.91. The third kappa shape index (κ3) is 3.70. The topological polar surface area (TPSA) is 55.8 Å². The van der Waals surface area contributed by atoms with Gasteiger partial charge in [-0.1, -0.05) is 60.7 Å². The van der Waals surface area contributed by atoms with E-state index in [-0.39, 0.29) is 11.6 Å². The van der Waals surface area contributed by atoms with Crippen molar-refractivity contribution >= 4 is 11.9 Å². The maximum absolute atomic E-state index is 12.5. The van der Waals surface area contributed by atoms with Crippen molar-refractivity contribution in [3.63, 3.8) is 0 Å². The second-order valence-electron chi connectivity index (χ2n) is 7.80. The minimum Gasteiger partial charge on any atom is -0.465 e. The Morgan fingerprint density at radius 3 is 2.45 bits per heavy atom. The Hall–Kier alpha value is -2.92. The van der Waals surface area contributed by atoms with Crippen LogP contribution in [0, 0.1) is 0 Å². The summed E-state index contributed by atoms with van der Waals surface area (Å²) >= 11 is 0. The van der Waals surface area contributed by atoms with Gasteiger partial charge >= 0.3 is 11.9 Å². The van der Waals surface area contributed by atoms with Crippen LogP contribution in [-0.4, -0.2) is 42.6 Å². The molecule has 29 heavy (non-hydrogen) atoms. The average Bonchev–Trinajstić information content (AvgIpc) is 3.01. The van der Waals surface area contributed by atoms with Gasteiger partial charge in [-0.05, 0) is 36.5 Å². The predicted molar refractivity (Wildman–Crippen MR) is 109 cm³/mol. The Balaban J connectivity index is 1.67. The monoisotopic (exact) mass is 391 g/mol. The van der Waals surface area contributed by atoms with Gasteiger partial charge in [-0.25, -0.2) is 9.59 Å². The van der Waals surface area contributed by atoms with E-state index in [2.05, 4.69) is 29.2 Å². The number of methoxy groups -OCH3 is 1. The number of ether oxygens (including phenoxy) is 2. The third-order valence-electron chi connectivity index (χ3n) is 5.91. The average molecular weight is 391 g/mol. The number of rotatable bonds is 5.